The first-order valence-corrected chi connectivity index (χ1v) is 9.14. The number of rotatable bonds is 6. The van der Waals surface area contributed by atoms with Crippen molar-refractivity contribution >= 4 is 17.2 Å². The Bertz CT molecular complexity index is 951. The van der Waals surface area contributed by atoms with Crippen LogP contribution in [0.2, 0.25) is 0 Å². The van der Waals surface area contributed by atoms with Crippen molar-refractivity contribution in [2.75, 3.05) is 6.61 Å². The number of hydrogen-bond donors (Lipinski definition) is 1. The number of halogens is 3. The number of ether oxygens (including phenoxy) is 1. The smallest absolute Gasteiger partial charge is 0.422 e. The average molecular weight is 410 g/mol. The van der Waals surface area contributed by atoms with Crippen molar-refractivity contribution in [3.05, 3.63) is 58.5 Å². The van der Waals surface area contributed by atoms with Crippen LogP contribution in [0.15, 0.2) is 36.0 Å². The number of carbonyl (C=O) groups excluding carboxylic acids is 1. The van der Waals surface area contributed by atoms with E-state index in [0.717, 1.165) is 16.5 Å². The maximum absolute atomic E-state index is 12.5. The van der Waals surface area contributed by atoms with E-state index in [4.69, 9.17) is 0 Å². The van der Waals surface area contributed by atoms with Gasteiger partial charge in [0.25, 0.3) is 5.91 Å². The first-order chi connectivity index (χ1) is 13.2. The second-order valence-corrected chi connectivity index (χ2v) is 6.90. The fourth-order valence-corrected chi connectivity index (χ4v) is 3.40. The van der Waals surface area contributed by atoms with E-state index in [2.05, 4.69) is 20.0 Å². The molecule has 0 aromatic carbocycles. The standard InChI is InChI=1S/C18H17F3N4O2S/c1-11-7-14(12(2)25(11)17-22-5-6-28-17)16(26)24-9-13-3-4-15(23-8-13)27-10-18(19,20)21/h3-8H,9-10H2,1-2H3,(H,24,26). The van der Waals surface area contributed by atoms with Gasteiger partial charge in [0.2, 0.25) is 5.88 Å². The lowest BCUT2D eigenvalue weighted by Crippen LogP contribution is -2.23. The first kappa shape index (κ1) is 19.9. The van der Waals surface area contributed by atoms with Crippen LogP contribution >= 0.6 is 11.3 Å². The molecule has 0 radical (unpaired) electrons. The van der Waals surface area contributed by atoms with Crippen LogP contribution in [0, 0.1) is 13.8 Å². The zero-order chi connectivity index (χ0) is 20.3. The summed E-state index contributed by atoms with van der Waals surface area (Å²) in [6, 6.07) is 4.68. The van der Waals surface area contributed by atoms with Gasteiger partial charge in [0.1, 0.15) is 0 Å². The molecule has 6 nitrogen and oxygen atoms in total. The zero-order valence-corrected chi connectivity index (χ0v) is 15.9. The SMILES string of the molecule is Cc1cc(C(=O)NCc2ccc(OCC(F)(F)F)nc2)c(C)n1-c1nccs1. The van der Waals surface area contributed by atoms with E-state index >= 15 is 0 Å². The normalized spacial score (nSPS) is 11.5. The fraction of sp³-hybridized carbons (Fsp3) is 0.278. The van der Waals surface area contributed by atoms with Crippen molar-refractivity contribution in [2.45, 2.75) is 26.6 Å². The van der Waals surface area contributed by atoms with Crippen LogP contribution in [0.25, 0.3) is 5.13 Å². The number of pyridine rings is 1. The molecule has 0 atom stereocenters. The summed E-state index contributed by atoms with van der Waals surface area (Å²) < 4.78 is 42.9. The third kappa shape index (κ3) is 4.69. The predicted octanol–water partition coefficient (Wildman–Crippen LogP) is 3.82. The number of hydrogen-bond acceptors (Lipinski definition) is 5. The van der Waals surface area contributed by atoms with Crippen LogP contribution < -0.4 is 10.1 Å². The van der Waals surface area contributed by atoms with Gasteiger partial charge in [-0.3, -0.25) is 9.36 Å². The van der Waals surface area contributed by atoms with Gasteiger partial charge in [-0.2, -0.15) is 13.2 Å². The Morgan fingerprint density at radius 2 is 2.07 bits per heavy atom. The minimum absolute atomic E-state index is 0.126. The Labute approximate surface area is 163 Å². The van der Waals surface area contributed by atoms with Crippen LogP contribution in [0.3, 0.4) is 0 Å². The Balaban J connectivity index is 1.62. The monoisotopic (exact) mass is 410 g/mol. The summed E-state index contributed by atoms with van der Waals surface area (Å²) in [5.41, 5.74) is 2.84. The van der Waals surface area contributed by atoms with Crippen LogP contribution in [0.5, 0.6) is 5.88 Å². The minimum atomic E-state index is -4.42. The fourth-order valence-electron chi connectivity index (χ4n) is 2.65. The molecule has 0 spiro atoms. The molecule has 3 aromatic rings. The summed E-state index contributed by atoms with van der Waals surface area (Å²) in [6.45, 7) is 2.53. The molecule has 1 N–H and O–H groups in total. The van der Waals surface area contributed by atoms with Gasteiger partial charge in [0.15, 0.2) is 11.7 Å². The molecule has 148 valence electrons. The van der Waals surface area contributed by atoms with Crippen molar-refractivity contribution in [2.24, 2.45) is 0 Å². The van der Waals surface area contributed by atoms with Gasteiger partial charge in [-0.1, -0.05) is 6.07 Å². The summed E-state index contributed by atoms with van der Waals surface area (Å²) in [7, 11) is 0. The quantitative estimate of drug-likeness (QED) is 0.671. The molecular weight excluding hydrogens is 393 g/mol. The summed E-state index contributed by atoms with van der Waals surface area (Å²) >= 11 is 1.48. The maximum atomic E-state index is 12.5. The molecule has 3 aromatic heterocycles. The summed E-state index contributed by atoms with van der Waals surface area (Å²) in [5, 5.41) is 5.44. The van der Waals surface area contributed by atoms with E-state index < -0.39 is 12.8 Å². The third-order valence-corrected chi connectivity index (χ3v) is 4.68. The van der Waals surface area contributed by atoms with E-state index in [1.54, 1.807) is 18.3 Å². The second kappa shape index (κ2) is 8.01. The summed E-state index contributed by atoms with van der Waals surface area (Å²) in [4.78, 5) is 20.6. The number of aromatic nitrogens is 3. The molecule has 0 aliphatic rings. The lowest BCUT2D eigenvalue weighted by molar-refractivity contribution is -0.154. The molecule has 0 saturated heterocycles. The van der Waals surface area contributed by atoms with Gasteiger partial charge in [0, 0.05) is 41.8 Å². The largest absolute Gasteiger partial charge is 0.468 e. The first-order valence-electron chi connectivity index (χ1n) is 8.26. The highest BCUT2D eigenvalue weighted by Gasteiger charge is 2.28. The molecule has 1 amide bonds. The van der Waals surface area contributed by atoms with E-state index in [1.165, 1.54) is 23.6 Å². The Morgan fingerprint density at radius 1 is 1.29 bits per heavy atom. The lowest BCUT2D eigenvalue weighted by Gasteiger charge is -2.09. The molecule has 3 heterocycles. The number of carbonyl (C=O) groups is 1. The highest BCUT2D eigenvalue weighted by molar-refractivity contribution is 7.12. The van der Waals surface area contributed by atoms with E-state index in [1.807, 2.05) is 23.8 Å². The number of thiazole rings is 1. The lowest BCUT2D eigenvalue weighted by atomic mass is 10.2. The summed E-state index contributed by atoms with van der Waals surface area (Å²) in [6.07, 6.45) is -1.35. The van der Waals surface area contributed by atoms with Crippen LogP contribution in [-0.2, 0) is 6.54 Å². The van der Waals surface area contributed by atoms with Gasteiger partial charge in [-0.05, 0) is 25.5 Å². The Morgan fingerprint density at radius 3 is 2.68 bits per heavy atom. The molecule has 10 heteroatoms. The van der Waals surface area contributed by atoms with Crippen molar-refractivity contribution in [3.63, 3.8) is 0 Å². The van der Waals surface area contributed by atoms with Crippen LogP contribution in [0.1, 0.15) is 27.3 Å². The topological polar surface area (TPSA) is 69.0 Å². The van der Waals surface area contributed by atoms with Crippen molar-refractivity contribution in [1.29, 1.82) is 0 Å². The predicted molar refractivity (Wildman–Crippen MR) is 97.9 cm³/mol. The van der Waals surface area contributed by atoms with Crippen LogP contribution in [-0.4, -0.2) is 33.2 Å². The molecule has 28 heavy (non-hydrogen) atoms. The van der Waals surface area contributed by atoms with Crippen molar-refractivity contribution in [1.82, 2.24) is 19.9 Å². The number of alkyl halides is 3. The Hall–Kier alpha value is -2.88. The number of aryl methyl sites for hydroxylation is 1. The van der Waals surface area contributed by atoms with Gasteiger partial charge in [0.05, 0.1) is 5.56 Å². The Kier molecular flexibility index (Phi) is 5.68. The van der Waals surface area contributed by atoms with E-state index in [-0.39, 0.29) is 18.3 Å². The zero-order valence-electron chi connectivity index (χ0n) is 15.1. The molecule has 3 rings (SSSR count). The van der Waals surface area contributed by atoms with Gasteiger partial charge < -0.3 is 10.1 Å². The van der Waals surface area contributed by atoms with Gasteiger partial charge in [-0.15, -0.1) is 11.3 Å². The third-order valence-electron chi connectivity index (χ3n) is 3.92. The molecule has 0 saturated carbocycles. The van der Waals surface area contributed by atoms with Crippen molar-refractivity contribution < 1.29 is 22.7 Å². The average Bonchev–Trinajstić information content (AvgIpc) is 3.26. The number of nitrogens with zero attached hydrogens (tertiary/aromatic N) is 3. The van der Waals surface area contributed by atoms with E-state index in [9.17, 15) is 18.0 Å². The van der Waals surface area contributed by atoms with Gasteiger partial charge >= 0.3 is 6.18 Å². The number of amides is 1. The molecule has 0 aliphatic heterocycles. The van der Waals surface area contributed by atoms with Gasteiger partial charge in [-0.25, -0.2) is 9.97 Å². The molecule has 0 aliphatic carbocycles. The highest BCUT2D eigenvalue weighted by atomic mass is 32.1. The number of nitrogens with one attached hydrogen (secondary N) is 1. The maximum Gasteiger partial charge on any atom is 0.422 e. The van der Waals surface area contributed by atoms with Crippen molar-refractivity contribution in [3.8, 4) is 11.0 Å². The second-order valence-electron chi connectivity index (χ2n) is 6.03. The van der Waals surface area contributed by atoms with Crippen LogP contribution in [0.4, 0.5) is 13.2 Å². The minimum Gasteiger partial charge on any atom is -0.468 e. The molecule has 0 unspecified atom stereocenters. The summed E-state index contributed by atoms with van der Waals surface area (Å²) in [5.74, 6) is -0.382. The van der Waals surface area contributed by atoms with E-state index in [0.29, 0.717) is 11.1 Å². The molecule has 0 bridgehead atoms. The molecular formula is C18H17F3N4O2S. The highest BCUT2D eigenvalue weighted by Crippen LogP contribution is 2.22. The molecule has 0 fully saturated rings.